The first-order valence-electron chi connectivity index (χ1n) is 6.19. The molecule has 2 rings (SSSR count). The Labute approximate surface area is 104 Å². The average Bonchev–Trinajstić information content (AvgIpc) is 2.27. The Balaban J connectivity index is 2.16. The highest BCUT2D eigenvalue weighted by Gasteiger charge is 2.49. The van der Waals surface area contributed by atoms with Gasteiger partial charge in [-0.3, -0.25) is 14.6 Å². The van der Waals surface area contributed by atoms with Gasteiger partial charge < -0.3 is 5.32 Å². The van der Waals surface area contributed by atoms with Gasteiger partial charge in [-0.15, -0.1) is 0 Å². The van der Waals surface area contributed by atoms with Gasteiger partial charge in [-0.1, -0.05) is 0 Å². The van der Waals surface area contributed by atoms with E-state index in [-0.39, 0.29) is 25.2 Å². The summed E-state index contributed by atoms with van der Waals surface area (Å²) in [5.41, 5.74) is 0. The highest BCUT2D eigenvalue weighted by Crippen LogP contribution is 2.30. The molecule has 0 saturated carbocycles. The summed E-state index contributed by atoms with van der Waals surface area (Å²) in [7, 11) is 1.82. The lowest BCUT2D eigenvalue weighted by atomic mass is 10.0. The number of hydrogen-bond acceptors (Lipinski definition) is 3. The fourth-order valence-electron chi connectivity index (χ4n) is 2.75. The first-order chi connectivity index (χ1) is 8.39. The molecule has 0 aliphatic carbocycles. The van der Waals surface area contributed by atoms with Crippen LogP contribution in [-0.2, 0) is 4.79 Å². The number of rotatable bonds is 1. The average molecular weight is 265 g/mol. The summed E-state index contributed by atoms with van der Waals surface area (Å²) < 4.78 is 39.0. The first-order valence-corrected chi connectivity index (χ1v) is 6.19. The Kier molecular flexibility index (Phi) is 3.82. The van der Waals surface area contributed by atoms with Crippen LogP contribution < -0.4 is 5.32 Å². The van der Waals surface area contributed by atoms with Crippen molar-refractivity contribution in [1.29, 1.82) is 0 Å². The number of nitrogens with one attached hydrogen (secondary N) is 1. The van der Waals surface area contributed by atoms with Gasteiger partial charge in [-0.25, -0.2) is 0 Å². The van der Waals surface area contributed by atoms with E-state index in [9.17, 15) is 18.0 Å². The van der Waals surface area contributed by atoms with E-state index >= 15 is 0 Å². The predicted octanol–water partition coefficient (Wildman–Crippen LogP) is 0.791. The van der Waals surface area contributed by atoms with Gasteiger partial charge in [0.05, 0.1) is 12.7 Å². The van der Waals surface area contributed by atoms with Gasteiger partial charge in [0.1, 0.15) is 6.04 Å². The van der Waals surface area contributed by atoms with Crippen LogP contribution in [0, 0.1) is 0 Å². The second-order valence-electron chi connectivity index (χ2n) is 4.99. The maximum atomic E-state index is 13.0. The van der Waals surface area contributed by atoms with Crippen LogP contribution in [-0.4, -0.2) is 60.8 Å². The van der Waals surface area contributed by atoms with Crippen molar-refractivity contribution in [2.45, 2.75) is 37.6 Å². The third-order valence-electron chi connectivity index (χ3n) is 3.71. The molecule has 1 N–H and O–H groups in total. The van der Waals surface area contributed by atoms with Gasteiger partial charge in [-0.2, -0.15) is 13.2 Å². The smallest absolute Gasteiger partial charge is 0.353 e. The van der Waals surface area contributed by atoms with Crippen molar-refractivity contribution in [3.63, 3.8) is 0 Å². The molecule has 2 atom stereocenters. The Hall–Kier alpha value is -0.820. The van der Waals surface area contributed by atoms with E-state index < -0.39 is 12.2 Å². The summed E-state index contributed by atoms with van der Waals surface area (Å²) in [5.74, 6) is -0.325. The van der Waals surface area contributed by atoms with E-state index in [2.05, 4.69) is 5.32 Å². The second kappa shape index (κ2) is 5.05. The van der Waals surface area contributed by atoms with Crippen LogP contribution in [0.3, 0.4) is 0 Å². The fraction of sp³-hybridized carbons (Fsp3) is 0.909. The Morgan fingerprint density at radius 3 is 2.67 bits per heavy atom. The number of nitrogens with zero attached hydrogens (tertiary/aromatic N) is 2. The number of piperidine rings is 1. The Bertz CT molecular complexity index is 321. The zero-order chi connectivity index (χ0) is 13.3. The first kappa shape index (κ1) is 13.6. The standard InChI is InChI=1S/C11H18F3N3O/c1-16-5-3-2-4-10(16)17-7-9(18)15-6-8(17)11(12,13)14/h8,10H,2-7H2,1H3,(H,15,18). The van der Waals surface area contributed by atoms with Crippen LogP contribution in [0.25, 0.3) is 0 Å². The molecule has 2 fully saturated rings. The van der Waals surface area contributed by atoms with Gasteiger partial charge in [0, 0.05) is 6.54 Å². The summed E-state index contributed by atoms with van der Waals surface area (Å²) in [4.78, 5) is 14.6. The minimum atomic E-state index is -4.30. The monoisotopic (exact) mass is 265 g/mol. The highest BCUT2D eigenvalue weighted by atomic mass is 19.4. The van der Waals surface area contributed by atoms with Crippen LogP contribution in [0.5, 0.6) is 0 Å². The molecule has 0 aromatic carbocycles. The van der Waals surface area contributed by atoms with Crippen LogP contribution in [0.15, 0.2) is 0 Å². The summed E-state index contributed by atoms with van der Waals surface area (Å²) >= 11 is 0. The summed E-state index contributed by atoms with van der Waals surface area (Å²) in [5, 5.41) is 2.30. The lowest BCUT2D eigenvalue weighted by Crippen LogP contribution is -2.65. The van der Waals surface area contributed by atoms with Crippen molar-refractivity contribution in [1.82, 2.24) is 15.1 Å². The SMILES string of the molecule is CN1CCCCC1N1CC(=O)NCC1C(F)(F)F. The molecule has 0 aromatic heterocycles. The van der Waals surface area contributed by atoms with E-state index in [1.807, 2.05) is 11.9 Å². The van der Waals surface area contributed by atoms with Crippen molar-refractivity contribution in [2.75, 3.05) is 26.7 Å². The van der Waals surface area contributed by atoms with E-state index in [0.29, 0.717) is 6.42 Å². The van der Waals surface area contributed by atoms with Gasteiger partial charge >= 0.3 is 6.18 Å². The van der Waals surface area contributed by atoms with Gasteiger partial charge in [0.2, 0.25) is 5.91 Å². The van der Waals surface area contributed by atoms with Gasteiger partial charge in [-0.05, 0) is 32.9 Å². The van der Waals surface area contributed by atoms with E-state index in [1.54, 1.807) is 0 Å². The van der Waals surface area contributed by atoms with E-state index in [1.165, 1.54) is 4.90 Å². The normalized spacial score (nSPS) is 32.3. The fourth-order valence-corrected chi connectivity index (χ4v) is 2.75. The lowest BCUT2D eigenvalue weighted by molar-refractivity contribution is -0.204. The maximum absolute atomic E-state index is 13.0. The number of carbonyl (C=O) groups is 1. The Morgan fingerprint density at radius 2 is 2.06 bits per heavy atom. The molecule has 1 amide bonds. The molecule has 0 bridgehead atoms. The van der Waals surface area contributed by atoms with Crippen molar-refractivity contribution in [2.24, 2.45) is 0 Å². The molecule has 7 heteroatoms. The molecule has 4 nitrogen and oxygen atoms in total. The predicted molar refractivity (Wildman–Crippen MR) is 59.8 cm³/mol. The zero-order valence-corrected chi connectivity index (χ0v) is 10.3. The minimum Gasteiger partial charge on any atom is -0.353 e. The molecular weight excluding hydrogens is 247 g/mol. The van der Waals surface area contributed by atoms with Gasteiger partial charge in [0.15, 0.2) is 0 Å². The zero-order valence-electron chi connectivity index (χ0n) is 10.3. The molecule has 2 heterocycles. The van der Waals surface area contributed by atoms with Crippen LogP contribution >= 0.6 is 0 Å². The molecule has 0 radical (unpaired) electrons. The largest absolute Gasteiger partial charge is 0.405 e. The van der Waals surface area contributed by atoms with Crippen LogP contribution in [0.1, 0.15) is 19.3 Å². The highest BCUT2D eigenvalue weighted by molar-refractivity contribution is 5.79. The summed E-state index contributed by atoms with van der Waals surface area (Å²) in [6, 6.07) is -1.57. The van der Waals surface area contributed by atoms with Crippen LogP contribution in [0.4, 0.5) is 13.2 Å². The van der Waals surface area contributed by atoms with Crippen molar-refractivity contribution in [3.8, 4) is 0 Å². The molecule has 2 aliphatic rings. The molecule has 2 aliphatic heterocycles. The van der Waals surface area contributed by atoms with Gasteiger partial charge in [0.25, 0.3) is 0 Å². The number of likely N-dealkylation sites (tertiary alicyclic amines) is 1. The molecule has 2 unspecified atom stereocenters. The number of hydrogen-bond donors (Lipinski definition) is 1. The molecule has 104 valence electrons. The van der Waals surface area contributed by atoms with E-state index in [0.717, 1.165) is 19.4 Å². The molecular formula is C11H18F3N3O. The number of carbonyl (C=O) groups excluding carboxylic acids is 1. The molecule has 0 spiro atoms. The number of piperazine rings is 1. The summed E-state index contributed by atoms with van der Waals surface area (Å²) in [6.45, 7) is 0.277. The van der Waals surface area contributed by atoms with E-state index in [4.69, 9.17) is 0 Å². The van der Waals surface area contributed by atoms with Crippen molar-refractivity contribution in [3.05, 3.63) is 0 Å². The molecule has 0 aromatic rings. The van der Waals surface area contributed by atoms with Crippen molar-refractivity contribution >= 4 is 5.91 Å². The molecule has 18 heavy (non-hydrogen) atoms. The quantitative estimate of drug-likeness (QED) is 0.761. The maximum Gasteiger partial charge on any atom is 0.405 e. The lowest BCUT2D eigenvalue weighted by Gasteiger charge is -2.46. The second-order valence-corrected chi connectivity index (χ2v) is 4.99. The molecule has 2 saturated heterocycles. The Morgan fingerprint density at radius 1 is 1.33 bits per heavy atom. The number of halogens is 3. The summed E-state index contributed by atoms with van der Waals surface area (Å²) in [6.07, 6.45) is -1.97. The van der Waals surface area contributed by atoms with Crippen molar-refractivity contribution < 1.29 is 18.0 Å². The number of alkyl halides is 3. The third-order valence-corrected chi connectivity index (χ3v) is 3.71. The third kappa shape index (κ3) is 2.77. The topological polar surface area (TPSA) is 35.6 Å². The number of amides is 1. The van der Waals surface area contributed by atoms with Crippen LogP contribution in [0.2, 0.25) is 0 Å². The minimum absolute atomic E-state index is 0.167.